The highest BCUT2D eigenvalue weighted by molar-refractivity contribution is 5.64. The highest BCUT2D eigenvalue weighted by atomic mass is 19.4. The van der Waals surface area contributed by atoms with Crippen LogP contribution in [-0.4, -0.2) is 18.5 Å². The molecule has 0 saturated carbocycles. The van der Waals surface area contributed by atoms with Gasteiger partial charge in [-0.3, -0.25) is 10.1 Å². The van der Waals surface area contributed by atoms with E-state index in [1.807, 2.05) is 6.92 Å². The maximum Gasteiger partial charge on any atom is 0.416 e. The van der Waals surface area contributed by atoms with Gasteiger partial charge in [0.2, 0.25) is 0 Å². The number of nitrogens with zero attached hydrogens (tertiary/aromatic N) is 2. The summed E-state index contributed by atoms with van der Waals surface area (Å²) in [6.07, 6.45) is -2.86. The lowest BCUT2D eigenvalue weighted by Gasteiger charge is -2.19. The van der Waals surface area contributed by atoms with E-state index in [-0.39, 0.29) is 5.69 Å². The summed E-state index contributed by atoms with van der Waals surface area (Å²) >= 11 is 0. The van der Waals surface area contributed by atoms with Gasteiger partial charge in [0.25, 0.3) is 5.69 Å². The third kappa shape index (κ3) is 3.84. The van der Waals surface area contributed by atoms with Crippen LogP contribution in [0.1, 0.15) is 25.3 Å². The van der Waals surface area contributed by atoms with Gasteiger partial charge in [-0.25, -0.2) is 0 Å². The van der Waals surface area contributed by atoms with Gasteiger partial charge in [0.15, 0.2) is 0 Å². The Morgan fingerprint density at radius 1 is 1.37 bits per heavy atom. The molecule has 0 N–H and O–H groups in total. The van der Waals surface area contributed by atoms with E-state index >= 15 is 0 Å². The fraction of sp³-hybridized carbons (Fsp3) is 0.500. The van der Waals surface area contributed by atoms with E-state index in [2.05, 4.69) is 0 Å². The Balaban J connectivity index is 3.15. The van der Waals surface area contributed by atoms with Crippen molar-refractivity contribution in [2.45, 2.75) is 25.9 Å². The molecule has 106 valence electrons. The first-order valence-electron chi connectivity index (χ1n) is 5.84. The quantitative estimate of drug-likeness (QED) is 0.606. The van der Waals surface area contributed by atoms with Crippen LogP contribution in [0.25, 0.3) is 0 Å². The highest BCUT2D eigenvalue weighted by Crippen LogP contribution is 2.36. The molecule has 0 fully saturated rings. The molecule has 4 nitrogen and oxygen atoms in total. The molecule has 1 rings (SSSR count). The van der Waals surface area contributed by atoms with Gasteiger partial charge >= 0.3 is 6.18 Å². The molecule has 0 aliphatic rings. The lowest BCUT2D eigenvalue weighted by Crippen LogP contribution is -2.20. The molecule has 0 atom stereocenters. The van der Waals surface area contributed by atoms with E-state index in [0.717, 1.165) is 25.0 Å². The second-order valence-electron chi connectivity index (χ2n) is 4.23. The Hall–Kier alpha value is -1.79. The van der Waals surface area contributed by atoms with E-state index < -0.39 is 22.4 Å². The number of anilines is 1. The first-order chi connectivity index (χ1) is 8.77. The molecule has 0 heterocycles. The molecular formula is C12H15F3N2O2. The molecule has 0 spiro atoms. The van der Waals surface area contributed by atoms with E-state index in [9.17, 15) is 23.3 Å². The van der Waals surface area contributed by atoms with Crippen LogP contribution in [0.3, 0.4) is 0 Å². The van der Waals surface area contributed by atoms with Gasteiger partial charge in [-0.2, -0.15) is 13.2 Å². The van der Waals surface area contributed by atoms with Gasteiger partial charge in [0.05, 0.1) is 10.5 Å². The molecule has 0 radical (unpaired) electrons. The van der Waals surface area contributed by atoms with Crippen LogP contribution in [0, 0.1) is 10.1 Å². The summed E-state index contributed by atoms with van der Waals surface area (Å²) < 4.78 is 37.6. The number of benzene rings is 1. The molecule has 0 amide bonds. The number of unbranched alkanes of at least 4 members (excludes halogenated alkanes) is 1. The minimum absolute atomic E-state index is 0.200. The minimum Gasteiger partial charge on any atom is -0.369 e. The summed E-state index contributed by atoms with van der Waals surface area (Å²) in [7, 11) is 1.63. The molecule has 7 heteroatoms. The van der Waals surface area contributed by atoms with Crippen molar-refractivity contribution in [2.75, 3.05) is 18.5 Å². The van der Waals surface area contributed by atoms with Gasteiger partial charge < -0.3 is 4.90 Å². The summed E-state index contributed by atoms with van der Waals surface area (Å²) in [4.78, 5) is 11.7. The topological polar surface area (TPSA) is 46.4 Å². The van der Waals surface area contributed by atoms with E-state index in [1.165, 1.54) is 0 Å². The SMILES string of the molecule is CCCCN(C)c1ccc(C(F)(F)F)cc1[N+](=O)[O-]. The van der Waals surface area contributed by atoms with Crippen molar-refractivity contribution in [1.29, 1.82) is 0 Å². The van der Waals surface area contributed by atoms with Crippen molar-refractivity contribution in [3.8, 4) is 0 Å². The van der Waals surface area contributed by atoms with Crippen LogP contribution in [0.4, 0.5) is 24.5 Å². The predicted octanol–water partition coefficient (Wildman–Crippen LogP) is 3.85. The first kappa shape index (κ1) is 15.3. The Kier molecular flexibility index (Phi) is 4.74. The van der Waals surface area contributed by atoms with Crippen LogP contribution in [0.15, 0.2) is 18.2 Å². The van der Waals surface area contributed by atoms with Crippen molar-refractivity contribution in [1.82, 2.24) is 0 Å². The van der Waals surface area contributed by atoms with E-state index in [0.29, 0.717) is 12.6 Å². The van der Waals surface area contributed by atoms with Crippen molar-refractivity contribution in [3.05, 3.63) is 33.9 Å². The molecule has 0 saturated heterocycles. The zero-order valence-corrected chi connectivity index (χ0v) is 10.7. The average molecular weight is 276 g/mol. The van der Waals surface area contributed by atoms with E-state index in [1.54, 1.807) is 11.9 Å². The highest BCUT2D eigenvalue weighted by Gasteiger charge is 2.33. The third-order valence-electron chi connectivity index (χ3n) is 2.76. The van der Waals surface area contributed by atoms with Gasteiger partial charge in [-0.15, -0.1) is 0 Å². The lowest BCUT2D eigenvalue weighted by molar-refractivity contribution is -0.384. The number of halogens is 3. The number of nitro groups is 1. The van der Waals surface area contributed by atoms with Gasteiger partial charge in [0.1, 0.15) is 5.69 Å². The van der Waals surface area contributed by atoms with Crippen LogP contribution in [-0.2, 0) is 6.18 Å². The predicted molar refractivity (Wildman–Crippen MR) is 66.3 cm³/mol. The van der Waals surface area contributed by atoms with Crippen molar-refractivity contribution < 1.29 is 18.1 Å². The van der Waals surface area contributed by atoms with Crippen molar-refractivity contribution >= 4 is 11.4 Å². The molecule has 0 aliphatic carbocycles. The molecule has 19 heavy (non-hydrogen) atoms. The van der Waals surface area contributed by atoms with Gasteiger partial charge in [-0.1, -0.05) is 13.3 Å². The van der Waals surface area contributed by atoms with Crippen LogP contribution < -0.4 is 4.90 Å². The Morgan fingerprint density at radius 2 is 2.00 bits per heavy atom. The van der Waals surface area contributed by atoms with Crippen molar-refractivity contribution in [3.63, 3.8) is 0 Å². The summed E-state index contributed by atoms with van der Waals surface area (Å²) in [6, 6.07) is 2.60. The number of hydrogen-bond acceptors (Lipinski definition) is 3. The molecule has 1 aromatic rings. The standard InChI is InChI=1S/C12H15F3N2O2/c1-3-4-7-16(2)10-6-5-9(12(13,14)15)8-11(10)17(18)19/h5-6,8H,3-4,7H2,1-2H3. The zero-order valence-electron chi connectivity index (χ0n) is 10.7. The Labute approximate surface area is 109 Å². The second-order valence-corrected chi connectivity index (χ2v) is 4.23. The Bertz CT molecular complexity index is 461. The van der Waals surface area contributed by atoms with Crippen molar-refractivity contribution in [2.24, 2.45) is 0 Å². The fourth-order valence-electron chi connectivity index (χ4n) is 1.68. The maximum absolute atomic E-state index is 12.5. The van der Waals surface area contributed by atoms with Gasteiger partial charge in [0, 0.05) is 19.7 Å². The molecule has 0 bridgehead atoms. The number of rotatable bonds is 5. The van der Waals surface area contributed by atoms with Crippen LogP contribution >= 0.6 is 0 Å². The Morgan fingerprint density at radius 3 is 2.47 bits per heavy atom. The molecule has 0 aromatic heterocycles. The summed E-state index contributed by atoms with van der Waals surface area (Å²) in [5.74, 6) is 0. The van der Waals surface area contributed by atoms with Crippen LogP contribution in [0.2, 0.25) is 0 Å². The zero-order chi connectivity index (χ0) is 14.6. The summed E-state index contributed by atoms with van der Waals surface area (Å²) in [5.41, 5.74) is -1.33. The monoisotopic (exact) mass is 276 g/mol. The molecule has 0 unspecified atom stereocenters. The smallest absolute Gasteiger partial charge is 0.369 e. The minimum atomic E-state index is -4.58. The van der Waals surface area contributed by atoms with E-state index in [4.69, 9.17) is 0 Å². The largest absolute Gasteiger partial charge is 0.416 e. The summed E-state index contributed by atoms with van der Waals surface area (Å²) in [5, 5.41) is 10.9. The maximum atomic E-state index is 12.5. The lowest BCUT2D eigenvalue weighted by atomic mass is 10.1. The van der Waals surface area contributed by atoms with Gasteiger partial charge in [-0.05, 0) is 18.6 Å². The normalized spacial score (nSPS) is 11.4. The molecule has 1 aromatic carbocycles. The van der Waals surface area contributed by atoms with Crippen LogP contribution in [0.5, 0.6) is 0 Å². The summed E-state index contributed by atoms with van der Waals surface area (Å²) in [6.45, 7) is 2.53. The average Bonchev–Trinajstić information content (AvgIpc) is 2.34. The second kappa shape index (κ2) is 5.90. The number of alkyl halides is 3. The molecular weight excluding hydrogens is 261 g/mol. The first-order valence-corrected chi connectivity index (χ1v) is 5.84. The third-order valence-corrected chi connectivity index (χ3v) is 2.76. The molecule has 0 aliphatic heterocycles. The number of nitro benzene ring substituents is 1. The number of hydrogen-bond donors (Lipinski definition) is 0. The fourth-order valence-corrected chi connectivity index (χ4v) is 1.68.